The van der Waals surface area contributed by atoms with Crippen molar-refractivity contribution < 1.29 is 14.7 Å². The average molecular weight is 276 g/mol. The molecule has 0 spiro atoms. The van der Waals surface area contributed by atoms with Crippen LogP contribution in [0.25, 0.3) is 0 Å². The molecular weight excluding hydrogens is 256 g/mol. The van der Waals surface area contributed by atoms with Crippen molar-refractivity contribution in [3.05, 3.63) is 35.4 Å². The Bertz CT molecular complexity index is 496. The number of hydrogen-bond acceptors (Lipinski definition) is 3. The summed E-state index contributed by atoms with van der Waals surface area (Å²) in [7, 11) is 0. The van der Waals surface area contributed by atoms with Gasteiger partial charge in [0, 0.05) is 0 Å². The van der Waals surface area contributed by atoms with Crippen LogP contribution in [-0.4, -0.2) is 41.5 Å². The third kappa shape index (κ3) is 3.81. The van der Waals surface area contributed by atoms with Gasteiger partial charge in [0.05, 0.1) is 6.54 Å². The van der Waals surface area contributed by atoms with Crippen LogP contribution in [0.3, 0.4) is 0 Å². The number of likely N-dealkylation sites (tertiary alicyclic amines) is 1. The second-order valence-corrected chi connectivity index (χ2v) is 5.24. The smallest absolute Gasteiger partial charge is 0.330 e. The van der Waals surface area contributed by atoms with Crippen LogP contribution in [0.1, 0.15) is 30.0 Å². The van der Waals surface area contributed by atoms with Gasteiger partial charge in [0.25, 0.3) is 0 Å². The number of nitrogens with one attached hydrogen (secondary N) is 1. The van der Waals surface area contributed by atoms with Gasteiger partial charge < -0.3 is 10.4 Å². The van der Waals surface area contributed by atoms with Crippen LogP contribution in [0.15, 0.2) is 24.3 Å². The molecule has 1 fully saturated rings. The Morgan fingerprint density at radius 3 is 2.65 bits per heavy atom. The van der Waals surface area contributed by atoms with Crippen LogP contribution in [0, 0.1) is 6.92 Å². The van der Waals surface area contributed by atoms with E-state index in [1.165, 1.54) is 0 Å². The van der Waals surface area contributed by atoms with Crippen molar-refractivity contribution in [3.8, 4) is 0 Å². The summed E-state index contributed by atoms with van der Waals surface area (Å²) in [5.41, 5.74) is 1.58. The van der Waals surface area contributed by atoms with Crippen LogP contribution in [-0.2, 0) is 9.59 Å². The van der Waals surface area contributed by atoms with Gasteiger partial charge in [-0.05, 0) is 38.4 Å². The van der Waals surface area contributed by atoms with E-state index in [4.69, 9.17) is 0 Å². The fourth-order valence-electron chi connectivity index (χ4n) is 2.49. The zero-order chi connectivity index (χ0) is 14.5. The molecule has 2 rings (SSSR count). The van der Waals surface area contributed by atoms with E-state index in [1.807, 2.05) is 17.9 Å². The molecule has 1 atom stereocenters. The van der Waals surface area contributed by atoms with Crippen LogP contribution >= 0.6 is 0 Å². The number of aliphatic carboxylic acids is 1. The molecule has 1 heterocycles. The molecule has 1 unspecified atom stereocenters. The Morgan fingerprint density at radius 1 is 1.35 bits per heavy atom. The van der Waals surface area contributed by atoms with Crippen LogP contribution < -0.4 is 5.32 Å². The standard InChI is InChI=1S/C15H20N2O3/c1-11-5-4-6-12(9-11)14(15(19)20)16-13(18)10-17-7-2-3-8-17/h4-6,9,14H,2-3,7-8,10H2,1H3,(H,16,18)(H,19,20). The minimum absolute atomic E-state index is 0.235. The lowest BCUT2D eigenvalue weighted by Gasteiger charge is -2.18. The molecule has 0 aliphatic carbocycles. The maximum atomic E-state index is 12.0. The molecule has 1 aromatic rings. The molecule has 0 aromatic heterocycles. The predicted octanol–water partition coefficient (Wildman–Crippen LogP) is 1.33. The summed E-state index contributed by atoms with van der Waals surface area (Å²) >= 11 is 0. The highest BCUT2D eigenvalue weighted by molar-refractivity contribution is 5.85. The van der Waals surface area contributed by atoms with Gasteiger partial charge in [0.15, 0.2) is 6.04 Å². The van der Waals surface area contributed by atoms with Crippen molar-refractivity contribution in [3.63, 3.8) is 0 Å². The first-order valence-corrected chi connectivity index (χ1v) is 6.87. The number of benzene rings is 1. The van der Waals surface area contributed by atoms with E-state index in [-0.39, 0.29) is 12.5 Å². The minimum Gasteiger partial charge on any atom is -0.479 e. The maximum absolute atomic E-state index is 12.0. The normalized spacial score (nSPS) is 16.9. The van der Waals surface area contributed by atoms with Crippen molar-refractivity contribution in [1.82, 2.24) is 10.2 Å². The second-order valence-electron chi connectivity index (χ2n) is 5.24. The lowest BCUT2D eigenvalue weighted by Crippen LogP contribution is -2.40. The van der Waals surface area contributed by atoms with E-state index < -0.39 is 12.0 Å². The van der Waals surface area contributed by atoms with E-state index in [0.29, 0.717) is 5.56 Å². The number of carbonyl (C=O) groups excluding carboxylic acids is 1. The Balaban J connectivity index is 2.02. The van der Waals surface area contributed by atoms with Crippen molar-refractivity contribution >= 4 is 11.9 Å². The Hall–Kier alpha value is -1.88. The first-order chi connectivity index (χ1) is 9.56. The Morgan fingerprint density at radius 2 is 2.05 bits per heavy atom. The Kier molecular flexibility index (Phi) is 4.74. The third-order valence-electron chi connectivity index (χ3n) is 3.49. The highest BCUT2D eigenvalue weighted by atomic mass is 16.4. The molecule has 1 aromatic carbocycles. The van der Waals surface area contributed by atoms with Gasteiger partial charge in [-0.1, -0.05) is 29.8 Å². The molecule has 1 aliphatic heterocycles. The summed E-state index contributed by atoms with van der Waals surface area (Å²) in [5, 5.41) is 11.9. The van der Waals surface area contributed by atoms with Crippen molar-refractivity contribution in [1.29, 1.82) is 0 Å². The maximum Gasteiger partial charge on any atom is 0.330 e. The molecule has 5 nitrogen and oxygen atoms in total. The van der Waals surface area contributed by atoms with Crippen molar-refractivity contribution in [2.45, 2.75) is 25.8 Å². The summed E-state index contributed by atoms with van der Waals surface area (Å²) in [5.74, 6) is -1.27. The summed E-state index contributed by atoms with van der Waals surface area (Å²) in [6.07, 6.45) is 2.21. The fraction of sp³-hybridized carbons (Fsp3) is 0.467. The van der Waals surface area contributed by atoms with E-state index in [2.05, 4.69) is 5.32 Å². The SMILES string of the molecule is Cc1cccc(C(NC(=O)CN2CCCC2)C(=O)O)c1. The van der Waals surface area contributed by atoms with Crippen LogP contribution in [0.2, 0.25) is 0 Å². The van der Waals surface area contributed by atoms with Crippen molar-refractivity contribution in [2.75, 3.05) is 19.6 Å². The fourth-order valence-corrected chi connectivity index (χ4v) is 2.49. The minimum atomic E-state index is -1.04. The van der Waals surface area contributed by atoms with Gasteiger partial charge >= 0.3 is 5.97 Å². The molecule has 0 bridgehead atoms. The number of amides is 1. The summed E-state index contributed by atoms with van der Waals surface area (Å²) in [6.45, 7) is 4.00. The predicted molar refractivity (Wildman–Crippen MR) is 75.4 cm³/mol. The molecule has 108 valence electrons. The molecule has 1 saturated heterocycles. The largest absolute Gasteiger partial charge is 0.479 e. The number of rotatable bonds is 5. The molecule has 0 saturated carbocycles. The third-order valence-corrected chi connectivity index (χ3v) is 3.49. The first-order valence-electron chi connectivity index (χ1n) is 6.87. The van der Waals surface area contributed by atoms with Crippen LogP contribution in [0.5, 0.6) is 0 Å². The number of nitrogens with zero attached hydrogens (tertiary/aromatic N) is 1. The van der Waals surface area contributed by atoms with E-state index in [9.17, 15) is 14.7 Å². The van der Waals surface area contributed by atoms with Gasteiger partial charge in [-0.25, -0.2) is 4.79 Å². The van der Waals surface area contributed by atoms with Gasteiger partial charge in [0.2, 0.25) is 5.91 Å². The van der Waals surface area contributed by atoms with Gasteiger partial charge in [-0.3, -0.25) is 9.69 Å². The van der Waals surface area contributed by atoms with Gasteiger partial charge in [0.1, 0.15) is 0 Å². The zero-order valence-corrected chi connectivity index (χ0v) is 11.6. The quantitative estimate of drug-likeness (QED) is 0.851. The molecule has 1 aliphatic rings. The highest BCUT2D eigenvalue weighted by Crippen LogP contribution is 2.15. The number of aryl methyl sites for hydroxylation is 1. The number of hydrogen-bond donors (Lipinski definition) is 2. The molecule has 2 N–H and O–H groups in total. The van der Waals surface area contributed by atoms with Crippen molar-refractivity contribution in [2.24, 2.45) is 0 Å². The molecule has 0 radical (unpaired) electrons. The lowest BCUT2D eigenvalue weighted by molar-refractivity contribution is -0.142. The molecule has 5 heteroatoms. The second kappa shape index (κ2) is 6.52. The van der Waals surface area contributed by atoms with E-state index >= 15 is 0 Å². The summed E-state index contributed by atoms with van der Waals surface area (Å²) < 4.78 is 0. The average Bonchev–Trinajstić information content (AvgIpc) is 2.88. The number of carboxylic acid groups (broad SMARTS) is 1. The molecule has 20 heavy (non-hydrogen) atoms. The van der Waals surface area contributed by atoms with E-state index in [0.717, 1.165) is 31.5 Å². The van der Waals surface area contributed by atoms with E-state index in [1.54, 1.807) is 18.2 Å². The zero-order valence-electron chi connectivity index (χ0n) is 11.6. The lowest BCUT2D eigenvalue weighted by atomic mass is 10.0. The topological polar surface area (TPSA) is 69.6 Å². The monoisotopic (exact) mass is 276 g/mol. The first kappa shape index (κ1) is 14.5. The highest BCUT2D eigenvalue weighted by Gasteiger charge is 2.23. The number of carboxylic acids is 1. The Labute approximate surface area is 118 Å². The number of carbonyl (C=O) groups is 2. The summed E-state index contributed by atoms with van der Waals surface area (Å²) in [4.78, 5) is 25.4. The van der Waals surface area contributed by atoms with Gasteiger partial charge in [-0.2, -0.15) is 0 Å². The molecule has 1 amide bonds. The summed E-state index contributed by atoms with van der Waals surface area (Å²) in [6, 6.07) is 6.23. The molecular formula is C15H20N2O3. The van der Waals surface area contributed by atoms with Crippen LogP contribution in [0.4, 0.5) is 0 Å². The van der Waals surface area contributed by atoms with Gasteiger partial charge in [-0.15, -0.1) is 0 Å².